The number of nitrogens with one attached hydrogen (secondary N) is 1. The van der Waals surface area contributed by atoms with E-state index in [1.165, 1.54) is 11.0 Å². The van der Waals surface area contributed by atoms with Crippen LogP contribution in [0, 0.1) is 12.7 Å². The van der Waals surface area contributed by atoms with Gasteiger partial charge in [-0.15, -0.1) is 0 Å². The summed E-state index contributed by atoms with van der Waals surface area (Å²) in [6.45, 7) is 5.85. The van der Waals surface area contributed by atoms with E-state index >= 15 is 0 Å². The van der Waals surface area contributed by atoms with Gasteiger partial charge in [-0.05, 0) is 44.5 Å². The molecule has 1 aliphatic rings. The Morgan fingerprint density at radius 1 is 1.17 bits per heavy atom. The minimum absolute atomic E-state index is 0.0379. The molecule has 0 spiro atoms. The summed E-state index contributed by atoms with van der Waals surface area (Å²) < 4.78 is 25.7. The van der Waals surface area contributed by atoms with Crippen molar-refractivity contribution in [2.75, 3.05) is 19.8 Å². The Morgan fingerprint density at radius 3 is 2.60 bits per heavy atom. The molecule has 0 bridgehead atoms. The first-order valence-corrected chi connectivity index (χ1v) is 9.88. The largest absolute Gasteiger partial charge is 0.487 e. The molecule has 0 aromatic heterocycles. The van der Waals surface area contributed by atoms with Gasteiger partial charge in [-0.3, -0.25) is 4.90 Å². The maximum atomic E-state index is 14.6. The molecule has 2 aromatic rings. The number of nitrogens with zero attached hydrogens (tertiary/aromatic N) is 1. The second kappa shape index (κ2) is 9.43. The summed E-state index contributed by atoms with van der Waals surface area (Å²) >= 11 is 0. The van der Waals surface area contributed by atoms with Crippen LogP contribution in [-0.2, 0) is 9.53 Å². The van der Waals surface area contributed by atoms with Crippen LogP contribution in [0.4, 0.5) is 9.18 Å². The molecule has 0 radical (unpaired) electrons. The highest BCUT2D eigenvalue weighted by molar-refractivity contribution is 5.95. The minimum atomic E-state index is -0.975. The highest BCUT2D eigenvalue weighted by atomic mass is 19.1. The predicted molar refractivity (Wildman–Crippen MR) is 110 cm³/mol. The van der Waals surface area contributed by atoms with Gasteiger partial charge in [0.15, 0.2) is 0 Å². The molecule has 1 heterocycles. The monoisotopic (exact) mass is 412 g/mol. The number of hydrogen-bond donors (Lipinski definition) is 1. The van der Waals surface area contributed by atoms with Crippen molar-refractivity contribution in [3.05, 3.63) is 76.7 Å². The number of amides is 2. The molecule has 0 aliphatic carbocycles. The van der Waals surface area contributed by atoms with E-state index in [1.807, 2.05) is 25.1 Å². The summed E-state index contributed by atoms with van der Waals surface area (Å²) in [5.41, 5.74) is 1.73. The van der Waals surface area contributed by atoms with E-state index in [0.29, 0.717) is 18.0 Å². The minimum Gasteiger partial charge on any atom is -0.487 e. The number of rotatable bonds is 7. The number of esters is 1. The van der Waals surface area contributed by atoms with Gasteiger partial charge < -0.3 is 14.8 Å². The molecule has 0 fully saturated rings. The summed E-state index contributed by atoms with van der Waals surface area (Å²) in [6.07, 6.45) is 0. The average Bonchev–Trinajstić information content (AvgIpc) is 2.72. The average molecular weight is 412 g/mol. The van der Waals surface area contributed by atoms with Crippen molar-refractivity contribution < 1.29 is 23.5 Å². The van der Waals surface area contributed by atoms with Gasteiger partial charge >= 0.3 is 12.0 Å². The molecule has 7 heteroatoms. The molecule has 2 amide bonds. The zero-order valence-electron chi connectivity index (χ0n) is 17.3. The van der Waals surface area contributed by atoms with Crippen LogP contribution in [0.3, 0.4) is 0 Å². The first-order valence-electron chi connectivity index (χ1n) is 9.88. The van der Waals surface area contributed by atoms with Crippen LogP contribution in [0.1, 0.15) is 31.0 Å². The highest BCUT2D eigenvalue weighted by Crippen LogP contribution is 2.33. The topological polar surface area (TPSA) is 67.9 Å². The number of halogens is 1. The van der Waals surface area contributed by atoms with Crippen molar-refractivity contribution in [2.45, 2.75) is 26.8 Å². The fourth-order valence-corrected chi connectivity index (χ4v) is 3.44. The van der Waals surface area contributed by atoms with Gasteiger partial charge in [-0.25, -0.2) is 14.0 Å². The Bertz CT molecular complexity index is 973. The fourth-order valence-electron chi connectivity index (χ4n) is 3.44. The van der Waals surface area contributed by atoms with Gasteiger partial charge in [0.2, 0.25) is 0 Å². The zero-order valence-corrected chi connectivity index (χ0v) is 17.3. The molecule has 30 heavy (non-hydrogen) atoms. The number of carbonyl (C=O) groups is 2. The van der Waals surface area contributed by atoms with Crippen LogP contribution in [0.2, 0.25) is 0 Å². The quantitative estimate of drug-likeness (QED) is 0.695. The summed E-state index contributed by atoms with van der Waals surface area (Å²) in [4.78, 5) is 27.1. The number of likely N-dealkylation sites (N-methyl/N-ethyl adjacent to an activating group) is 1. The second-order valence-electron chi connectivity index (χ2n) is 6.83. The summed E-state index contributed by atoms with van der Waals surface area (Å²) in [5, 5.41) is 2.73. The number of urea groups is 1. The smallest absolute Gasteiger partial charge is 0.338 e. The first-order chi connectivity index (χ1) is 14.5. The van der Waals surface area contributed by atoms with E-state index in [-0.39, 0.29) is 24.4 Å². The molecule has 0 saturated heterocycles. The van der Waals surface area contributed by atoms with Gasteiger partial charge in [-0.2, -0.15) is 0 Å². The van der Waals surface area contributed by atoms with Crippen molar-refractivity contribution in [2.24, 2.45) is 0 Å². The van der Waals surface area contributed by atoms with E-state index in [1.54, 1.807) is 38.1 Å². The number of carbonyl (C=O) groups excluding carboxylic acids is 2. The Kier molecular flexibility index (Phi) is 6.72. The van der Waals surface area contributed by atoms with E-state index in [4.69, 9.17) is 9.47 Å². The van der Waals surface area contributed by atoms with E-state index in [9.17, 15) is 14.0 Å². The standard InChI is InChI=1S/C23H25FN2O4/c1-4-26-19(14-30-16-10-8-9-15(3)13-16)20(22(27)29-5-2)21(25-23(26)28)17-11-6-7-12-18(17)24/h6-13,21H,4-5,14H2,1-3H3,(H,25,28)/t21-/m0/s1. The lowest BCUT2D eigenvalue weighted by Gasteiger charge is -2.36. The Labute approximate surface area is 175 Å². The Morgan fingerprint density at radius 2 is 1.93 bits per heavy atom. The van der Waals surface area contributed by atoms with Gasteiger partial charge in [0.1, 0.15) is 18.2 Å². The molecule has 158 valence electrons. The second-order valence-corrected chi connectivity index (χ2v) is 6.83. The number of aryl methyl sites for hydroxylation is 1. The third-order valence-electron chi connectivity index (χ3n) is 4.83. The van der Waals surface area contributed by atoms with E-state index in [2.05, 4.69) is 5.32 Å². The molecule has 2 aromatic carbocycles. The first kappa shape index (κ1) is 21.4. The van der Waals surface area contributed by atoms with Crippen molar-refractivity contribution in [1.29, 1.82) is 0 Å². The van der Waals surface area contributed by atoms with E-state index < -0.39 is 23.9 Å². The molecule has 0 saturated carbocycles. The lowest BCUT2D eigenvalue weighted by molar-refractivity contribution is -0.139. The maximum absolute atomic E-state index is 14.6. The molecule has 1 atom stereocenters. The van der Waals surface area contributed by atoms with Crippen molar-refractivity contribution in [1.82, 2.24) is 10.2 Å². The third-order valence-corrected chi connectivity index (χ3v) is 4.83. The number of hydrogen-bond acceptors (Lipinski definition) is 4. The molecular formula is C23H25FN2O4. The van der Waals surface area contributed by atoms with Crippen LogP contribution in [0.5, 0.6) is 5.75 Å². The normalized spacial score (nSPS) is 16.3. The van der Waals surface area contributed by atoms with E-state index in [0.717, 1.165) is 5.56 Å². The Balaban J connectivity index is 2.09. The van der Waals surface area contributed by atoms with Crippen LogP contribution in [-0.4, -0.2) is 36.7 Å². The molecule has 1 N–H and O–H groups in total. The summed E-state index contributed by atoms with van der Waals surface area (Å²) in [5.74, 6) is -0.532. The molecule has 3 rings (SSSR count). The lowest BCUT2D eigenvalue weighted by atomic mass is 9.94. The third kappa shape index (κ3) is 4.45. The predicted octanol–water partition coefficient (Wildman–Crippen LogP) is 4.12. The molecular weight excluding hydrogens is 387 g/mol. The maximum Gasteiger partial charge on any atom is 0.338 e. The van der Waals surface area contributed by atoms with Gasteiger partial charge in [0.05, 0.1) is 23.9 Å². The number of ether oxygens (including phenoxy) is 2. The number of benzene rings is 2. The van der Waals surface area contributed by atoms with Crippen LogP contribution < -0.4 is 10.1 Å². The molecule has 0 unspecified atom stereocenters. The summed E-state index contributed by atoms with van der Waals surface area (Å²) in [7, 11) is 0. The van der Waals surface area contributed by atoms with Crippen LogP contribution in [0.25, 0.3) is 0 Å². The van der Waals surface area contributed by atoms with Gasteiger partial charge in [-0.1, -0.05) is 30.3 Å². The lowest BCUT2D eigenvalue weighted by Crippen LogP contribution is -2.49. The fraction of sp³-hybridized carbons (Fsp3) is 0.304. The van der Waals surface area contributed by atoms with Crippen molar-refractivity contribution in [3.8, 4) is 5.75 Å². The van der Waals surface area contributed by atoms with Crippen molar-refractivity contribution in [3.63, 3.8) is 0 Å². The van der Waals surface area contributed by atoms with Crippen LogP contribution in [0.15, 0.2) is 59.8 Å². The summed E-state index contributed by atoms with van der Waals surface area (Å²) in [6, 6.07) is 12.1. The SMILES string of the molecule is CCOC(=O)C1=C(COc2cccc(C)c2)N(CC)C(=O)N[C@H]1c1ccccc1F. The van der Waals surface area contributed by atoms with Crippen LogP contribution >= 0.6 is 0 Å². The molecule has 1 aliphatic heterocycles. The molecule has 6 nitrogen and oxygen atoms in total. The van der Waals surface area contributed by atoms with Crippen molar-refractivity contribution >= 4 is 12.0 Å². The van der Waals surface area contributed by atoms with Gasteiger partial charge in [0.25, 0.3) is 0 Å². The van der Waals surface area contributed by atoms with Gasteiger partial charge in [0, 0.05) is 12.1 Å². The zero-order chi connectivity index (χ0) is 21.7. The Hall–Kier alpha value is -3.35. The highest BCUT2D eigenvalue weighted by Gasteiger charge is 2.38.